The molecular weight excluding hydrogens is 292 g/mol. The molecule has 0 aromatic carbocycles. The van der Waals surface area contributed by atoms with E-state index >= 15 is 0 Å². The molecule has 1 aliphatic rings. The standard InChI is InChI=1S/C17H28N4O2/c1-3-5-8-20(4-2)17(23)10-14-7-6-9-21(13-14)15-11-16(22)19-18-12-15/h11-12,14H,3-10,13H2,1-2H3,(H,19,22). The Hall–Kier alpha value is -1.85. The van der Waals surface area contributed by atoms with Crippen molar-refractivity contribution in [2.75, 3.05) is 31.1 Å². The number of unbranched alkanes of at least 4 members (excludes halogenated alkanes) is 1. The Morgan fingerprint density at radius 2 is 2.30 bits per heavy atom. The number of aromatic amines is 1. The maximum atomic E-state index is 12.5. The quantitative estimate of drug-likeness (QED) is 0.834. The van der Waals surface area contributed by atoms with Crippen molar-refractivity contribution in [3.05, 3.63) is 22.6 Å². The van der Waals surface area contributed by atoms with Crippen LogP contribution < -0.4 is 10.5 Å². The van der Waals surface area contributed by atoms with Gasteiger partial charge in [0, 0.05) is 38.7 Å². The molecule has 128 valence electrons. The first-order chi connectivity index (χ1) is 11.1. The zero-order valence-electron chi connectivity index (χ0n) is 14.3. The van der Waals surface area contributed by atoms with Crippen LogP contribution in [0.25, 0.3) is 0 Å². The molecule has 0 radical (unpaired) electrons. The summed E-state index contributed by atoms with van der Waals surface area (Å²) in [5.74, 6) is 0.614. The van der Waals surface area contributed by atoms with Gasteiger partial charge in [0.05, 0.1) is 11.9 Å². The second-order valence-electron chi connectivity index (χ2n) is 6.29. The molecule has 6 heteroatoms. The Balaban J connectivity index is 1.93. The number of nitrogens with zero attached hydrogens (tertiary/aromatic N) is 3. The zero-order chi connectivity index (χ0) is 16.7. The average Bonchev–Trinajstić information content (AvgIpc) is 2.56. The average molecular weight is 320 g/mol. The lowest BCUT2D eigenvalue weighted by Gasteiger charge is -2.34. The first kappa shape index (κ1) is 17.5. The van der Waals surface area contributed by atoms with Crippen LogP contribution in [-0.2, 0) is 4.79 Å². The zero-order valence-corrected chi connectivity index (χ0v) is 14.3. The summed E-state index contributed by atoms with van der Waals surface area (Å²) in [5.41, 5.74) is 0.668. The number of carbonyl (C=O) groups is 1. The molecule has 0 bridgehead atoms. The number of rotatable bonds is 7. The molecule has 1 aliphatic heterocycles. The number of nitrogens with one attached hydrogen (secondary N) is 1. The van der Waals surface area contributed by atoms with Crippen LogP contribution in [0, 0.1) is 5.92 Å². The van der Waals surface area contributed by atoms with Crippen LogP contribution in [0.1, 0.15) is 46.0 Å². The molecule has 1 saturated heterocycles. The summed E-state index contributed by atoms with van der Waals surface area (Å²) >= 11 is 0. The summed E-state index contributed by atoms with van der Waals surface area (Å²) in [4.78, 5) is 28.0. The van der Waals surface area contributed by atoms with Gasteiger partial charge in [0.15, 0.2) is 0 Å². The minimum Gasteiger partial charge on any atom is -0.370 e. The number of aromatic nitrogens is 2. The lowest BCUT2D eigenvalue weighted by atomic mass is 9.94. The fourth-order valence-corrected chi connectivity index (χ4v) is 3.19. The fraction of sp³-hybridized carbons (Fsp3) is 0.706. The van der Waals surface area contributed by atoms with Gasteiger partial charge in [0.1, 0.15) is 0 Å². The van der Waals surface area contributed by atoms with E-state index in [0.29, 0.717) is 12.3 Å². The smallest absolute Gasteiger partial charge is 0.266 e. The van der Waals surface area contributed by atoms with Crippen LogP contribution in [0.4, 0.5) is 5.69 Å². The van der Waals surface area contributed by atoms with E-state index in [-0.39, 0.29) is 11.5 Å². The highest BCUT2D eigenvalue weighted by Gasteiger charge is 2.24. The number of amides is 1. The molecule has 1 fully saturated rings. The summed E-state index contributed by atoms with van der Waals surface area (Å²) in [5, 5.41) is 6.27. The van der Waals surface area contributed by atoms with Gasteiger partial charge in [-0.3, -0.25) is 9.59 Å². The molecule has 23 heavy (non-hydrogen) atoms. The highest BCUT2D eigenvalue weighted by molar-refractivity contribution is 5.76. The SMILES string of the molecule is CCCCN(CC)C(=O)CC1CCCN(c2cn[nH]c(=O)c2)C1. The van der Waals surface area contributed by atoms with Crippen LogP contribution in [0.5, 0.6) is 0 Å². The third-order valence-electron chi connectivity index (χ3n) is 4.51. The second kappa shape index (κ2) is 8.70. The van der Waals surface area contributed by atoms with Crippen molar-refractivity contribution in [2.24, 2.45) is 5.92 Å². The van der Waals surface area contributed by atoms with Gasteiger partial charge >= 0.3 is 0 Å². The van der Waals surface area contributed by atoms with E-state index in [1.54, 1.807) is 12.3 Å². The minimum atomic E-state index is -0.183. The van der Waals surface area contributed by atoms with Gasteiger partial charge < -0.3 is 9.80 Å². The topological polar surface area (TPSA) is 69.3 Å². The molecule has 0 saturated carbocycles. The first-order valence-electron chi connectivity index (χ1n) is 8.71. The van der Waals surface area contributed by atoms with Gasteiger partial charge in [-0.05, 0) is 32.1 Å². The Labute approximate surface area is 137 Å². The number of hydrogen-bond donors (Lipinski definition) is 1. The van der Waals surface area contributed by atoms with Crippen molar-refractivity contribution in [3.63, 3.8) is 0 Å². The van der Waals surface area contributed by atoms with Gasteiger partial charge in [-0.2, -0.15) is 5.10 Å². The fourth-order valence-electron chi connectivity index (χ4n) is 3.19. The van der Waals surface area contributed by atoms with Gasteiger partial charge in [-0.1, -0.05) is 13.3 Å². The van der Waals surface area contributed by atoms with Crippen molar-refractivity contribution in [3.8, 4) is 0 Å². The number of carbonyl (C=O) groups excluding carboxylic acids is 1. The summed E-state index contributed by atoms with van der Waals surface area (Å²) in [6, 6.07) is 1.58. The monoisotopic (exact) mass is 320 g/mol. The van der Waals surface area contributed by atoms with E-state index in [9.17, 15) is 9.59 Å². The number of piperidine rings is 1. The highest BCUT2D eigenvalue weighted by Crippen LogP contribution is 2.24. The number of hydrogen-bond acceptors (Lipinski definition) is 4. The van der Waals surface area contributed by atoms with Gasteiger partial charge in [-0.15, -0.1) is 0 Å². The first-order valence-corrected chi connectivity index (χ1v) is 8.71. The van der Waals surface area contributed by atoms with Crippen molar-refractivity contribution in [2.45, 2.75) is 46.0 Å². The van der Waals surface area contributed by atoms with Crippen LogP contribution in [0.3, 0.4) is 0 Å². The maximum Gasteiger partial charge on any atom is 0.266 e. The van der Waals surface area contributed by atoms with Crippen LogP contribution >= 0.6 is 0 Å². The predicted molar refractivity (Wildman–Crippen MR) is 91.6 cm³/mol. The molecule has 1 aromatic heterocycles. The highest BCUT2D eigenvalue weighted by atomic mass is 16.2. The lowest BCUT2D eigenvalue weighted by molar-refractivity contribution is -0.132. The van der Waals surface area contributed by atoms with E-state index in [1.807, 2.05) is 11.8 Å². The molecule has 1 unspecified atom stereocenters. The van der Waals surface area contributed by atoms with E-state index < -0.39 is 0 Å². The molecule has 1 amide bonds. The van der Waals surface area contributed by atoms with E-state index in [4.69, 9.17) is 0 Å². The van der Waals surface area contributed by atoms with Crippen molar-refractivity contribution in [1.82, 2.24) is 15.1 Å². The van der Waals surface area contributed by atoms with Crippen LogP contribution in [0.2, 0.25) is 0 Å². The Morgan fingerprint density at radius 3 is 3.00 bits per heavy atom. The largest absolute Gasteiger partial charge is 0.370 e. The molecule has 2 heterocycles. The van der Waals surface area contributed by atoms with E-state index in [1.165, 1.54) is 0 Å². The lowest BCUT2D eigenvalue weighted by Crippen LogP contribution is -2.39. The molecule has 6 nitrogen and oxygen atoms in total. The van der Waals surface area contributed by atoms with Crippen molar-refractivity contribution < 1.29 is 4.79 Å². The summed E-state index contributed by atoms with van der Waals surface area (Å²) < 4.78 is 0. The number of anilines is 1. The molecular formula is C17H28N4O2. The normalized spacial score (nSPS) is 18.0. The molecule has 0 spiro atoms. The van der Waals surface area contributed by atoms with E-state index in [0.717, 1.165) is 57.5 Å². The Morgan fingerprint density at radius 1 is 1.48 bits per heavy atom. The Kier molecular flexibility index (Phi) is 6.62. The van der Waals surface area contributed by atoms with Crippen molar-refractivity contribution >= 4 is 11.6 Å². The van der Waals surface area contributed by atoms with Gasteiger partial charge in [-0.25, -0.2) is 5.10 Å². The van der Waals surface area contributed by atoms with E-state index in [2.05, 4.69) is 22.0 Å². The third kappa shape index (κ3) is 5.08. The Bertz CT molecular complexity index is 558. The molecule has 1 aromatic rings. The molecule has 2 rings (SSSR count). The molecule has 0 aliphatic carbocycles. The maximum absolute atomic E-state index is 12.5. The number of H-pyrrole nitrogens is 1. The van der Waals surface area contributed by atoms with Crippen molar-refractivity contribution in [1.29, 1.82) is 0 Å². The molecule has 1 atom stereocenters. The molecule has 1 N–H and O–H groups in total. The summed E-state index contributed by atoms with van der Waals surface area (Å²) in [6.45, 7) is 7.58. The summed E-state index contributed by atoms with van der Waals surface area (Å²) in [6.07, 6.45) is 6.58. The minimum absolute atomic E-state index is 0.183. The van der Waals surface area contributed by atoms with Crippen LogP contribution in [-0.4, -0.2) is 47.2 Å². The third-order valence-corrected chi connectivity index (χ3v) is 4.51. The van der Waals surface area contributed by atoms with Gasteiger partial charge in [0.25, 0.3) is 5.56 Å². The second-order valence-corrected chi connectivity index (χ2v) is 6.29. The van der Waals surface area contributed by atoms with Crippen LogP contribution in [0.15, 0.2) is 17.1 Å². The van der Waals surface area contributed by atoms with Gasteiger partial charge in [0.2, 0.25) is 5.91 Å². The summed E-state index contributed by atoms with van der Waals surface area (Å²) in [7, 11) is 0. The predicted octanol–water partition coefficient (Wildman–Crippen LogP) is 2.02.